The Balaban J connectivity index is 1.32. The average Bonchev–Trinajstić information content (AvgIpc) is 3.64. The third-order valence-corrected chi connectivity index (χ3v) is 6.39. The Kier molecular flexibility index (Phi) is 8.30. The van der Waals surface area contributed by atoms with Crippen LogP contribution >= 0.6 is 7.60 Å². The Bertz CT molecular complexity index is 1690. The molecule has 41 heavy (non-hydrogen) atoms. The first-order valence-corrected chi connectivity index (χ1v) is 14.1. The molecule has 0 spiro atoms. The number of methoxy groups -OCH3 is 1. The molecule has 2 N–H and O–H groups in total. The molecule has 11 nitrogen and oxygen atoms in total. The summed E-state index contributed by atoms with van der Waals surface area (Å²) in [5, 5.41) is 0. The minimum absolute atomic E-state index is 0.0908. The lowest BCUT2D eigenvalue weighted by Crippen LogP contribution is -2.03. The fourth-order valence-electron chi connectivity index (χ4n) is 3.80. The minimum Gasteiger partial charge on any atom is -0.493 e. The van der Waals surface area contributed by atoms with E-state index < -0.39 is 7.60 Å². The van der Waals surface area contributed by atoms with Crippen LogP contribution in [0.15, 0.2) is 87.8 Å². The highest BCUT2D eigenvalue weighted by Gasteiger charge is 2.16. The molecule has 5 aromatic rings. The molecule has 0 aliphatic carbocycles. The summed E-state index contributed by atoms with van der Waals surface area (Å²) in [7, 11) is -2.86. The Morgan fingerprint density at radius 2 is 1.80 bits per heavy atom. The van der Waals surface area contributed by atoms with Crippen LogP contribution in [0.3, 0.4) is 0 Å². The molecule has 3 aromatic heterocycles. The van der Waals surface area contributed by atoms with E-state index in [1.165, 1.54) is 19.4 Å². The molecule has 12 heteroatoms. The Hall–Kier alpha value is -4.70. The van der Waals surface area contributed by atoms with Crippen LogP contribution in [0.2, 0.25) is 0 Å². The molecule has 0 unspecified atom stereocenters. The van der Waals surface area contributed by atoms with Crippen molar-refractivity contribution in [1.82, 2.24) is 15.0 Å². The number of hydrogen-bond acceptors (Lipinski definition) is 9. The average molecular weight is 576 g/mol. The van der Waals surface area contributed by atoms with E-state index in [4.69, 9.17) is 23.0 Å². The van der Waals surface area contributed by atoms with Crippen molar-refractivity contribution in [2.24, 2.45) is 0 Å². The summed E-state index contributed by atoms with van der Waals surface area (Å²) in [6.45, 7) is 2.05. The Labute approximate surface area is 235 Å². The van der Waals surface area contributed by atoms with Gasteiger partial charge in [0.25, 0.3) is 5.89 Å². The fraction of sp³-hybridized carbons (Fsp3) is 0.138. The molecule has 0 saturated carbocycles. The number of aromatic nitrogens is 3. The predicted molar refractivity (Wildman–Crippen MR) is 149 cm³/mol. The number of nitrogens with zero attached hydrogens (tertiary/aromatic N) is 3. The van der Waals surface area contributed by atoms with E-state index >= 15 is 0 Å². The van der Waals surface area contributed by atoms with Crippen molar-refractivity contribution in [2.75, 3.05) is 7.11 Å². The van der Waals surface area contributed by atoms with Crippen LogP contribution in [0.1, 0.15) is 22.6 Å². The Morgan fingerprint density at radius 1 is 0.976 bits per heavy atom. The summed E-state index contributed by atoms with van der Waals surface area (Å²) in [5.41, 5.74) is 2.46. The summed E-state index contributed by atoms with van der Waals surface area (Å²) >= 11 is 0. The highest BCUT2D eigenvalue weighted by Crippen LogP contribution is 2.38. The zero-order chi connectivity index (χ0) is 28.8. The number of ether oxygens (including phenoxy) is 3. The van der Waals surface area contributed by atoms with E-state index in [1.54, 1.807) is 37.5 Å². The van der Waals surface area contributed by atoms with Gasteiger partial charge in [0.1, 0.15) is 24.7 Å². The molecule has 0 bridgehead atoms. The van der Waals surface area contributed by atoms with Gasteiger partial charge in [-0.25, -0.2) is 9.97 Å². The van der Waals surface area contributed by atoms with Crippen molar-refractivity contribution in [2.45, 2.75) is 20.1 Å². The van der Waals surface area contributed by atoms with Gasteiger partial charge in [-0.15, -0.1) is 0 Å². The first-order valence-electron chi connectivity index (χ1n) is 12.4. The van der Waals surface area contributed by atoms with Gasteiger partial charge in [-0.3, -0.25) is 4.57 Å². The van der Waals surface area contributed by atoms with Gasteiger partial charge in [0.15, 0.2) is 23.1 Å². The minimum atomic E-state index is -4.39. The highest BCUT2D eigenvalue weighted by atomic mass is 31.2. The maximum absolute atomic E-state index is 11.4. The van der Waals surface area contributed by atoms with Crippen molar-refractivity contribution >= 4 is 13.7 Å². The van der Waals surface area contributed by atoms with Gasteiger partial charge in [-0.05, 0) is 42.8 Å². The van der Waals surface area contributed by atoms with Gasteiger partial charge in [0.2, 0.25) is 5.88 Å². The molecule has 0 amide bonds. The standard InChI is InChI=1S/C29H26N3O8P/c1-19-23(31-29(40-19)25-9-6-13-37-25)18-38-24-11-10-20(15-26(24)36-2)17-39-28-22(12-14-41(33,34)35)16-30-27(32-28)21-7-4-3-5-8-21/h3-16H,17-18H2,1-2H3,(H2,33,34,35)/b14-12-. The Morgan fingerprint density at radius 3 is 2.54 bits per heavy atom. The third-order valence-electron chi connectivity index (χ3n) is 5.85. The van der Waals surface area contributed by atoms with Crippen LogP contribution in [-0.2, 0) is 17.8 Å². The topological polar surface area (TPSA) is 150 Å². The molecule has 0 saturated heterocycles. The molecule has 0 aliphatic heterocycles. The third kappa shape index (κ3) is 7.09. The number of hydrogen-bond donors (Lipinski definition) is 2. The molecule has 0 aliphatic rings. The normalized spacial score (nSPS) is 11.6. The molecule has 5 rings (SSSR count). The summed E-state index contributed by atoms with van der Waals surface area (Å²) in [5.74, 6) is 3.85. The second-order valence-corrected chi connectivity index (χ2v) is 10.3. The maximum Gasteiger partial charge on any atom is 0.349 e. The van der Waals surface area contributed by atoms with Crippen LogP contribution in [-0.4, -0.2) is 31.8 Å². The summed E-state index contributed by atoms with van der Waals surface area (Å²) < 4.78 is 39.9. The molecule has 0 fully saturated rings. The van der Waals surface area contributed by atoms with E-state index in [0.29, 0.717) is 46.0 Å². The van der Waals surface area contributed by atoms with Crippen molar-refractivity contribution in [3.8, 4) is 40.4 Å². The van der Waals surface area contributed by atoms with Gasteiger partial charge < -0.3 is 32.8 Å². The van der Waals surface area contributed by atoms with Crippen molar-refractivity contribution < 1.29 is 37.4 Å². The summed E-state index contributed by atoms with van der Waals surface area (Å²) in [6.07, 6.45) is 4.25. The maximum atomic E-state index is 11.4. The highest BCUT2D eigenvalue weighted by molar-refractivity contribution is 7.55. The molecule has 210 valence electrons. The van der Waals surface area contributed by atoms with Crippen molar-refractivity contribution in [3.05, 3.63) is 102 Å². The first kappa shape index (κ1) is 27.9. The van der Waals surface area contributed by atoms with Gasteiger partial charge in [-0.2, -0.15) is 4.98 Å². The van der Waals surface area contributed by atoms with E-state index in [9.17, 15) is 14.4 Å². The lowest BCUT2D eigenvalue weighted by Gasteiger charge is -2.13. The zero-order valence-electron chi connectivity index (χ0n) is 22.1. The molecular formula is C29H26N3O8P. The van der Waals surface area contributed by atoms with Gasteiger partial charge in [0.05, 0.1) is 18.9 Å². The molecule has 2 aromatic carbocycles. The smallest absolute Gasteiger partial charge is 0.349 e. The second kappa shape index (κ2) is 12.2. The van der Waals surface area contributed by atoms with E-state index in [0.717, 1.165) is 16.9 Å². The predicted octanol–water partition coefficient (Wildman–Crippen LogP) is 6.02. The van der Waals surface area contributed by atoms with Crippen LogP contribution < -0.4 is 14.2 Å². The van der Waals surface area contributed by atoms with E-state index in [1.807, 2.05) is 36.4 Å². The van der Waals surface area contributed by atoms with Crippen LogP contribution in [0.4, 0.5) is 0 Å². The van der Waals surface area contributed by atoms with Crippen LogP contribution in [0, 0.1) is 6.92 Å². The summed E-state index contributed by atoms with van der Waals surface area (Å²) in [6, 6.07) is 18.2. The van der Waals surface area contributed by atoms with E-state index in [-0.39, 0.29) is 19.1 Å². The van der Waals surface area contributed by atoms with E-state index in [2.05, 4.69) is 15.0 Å². The molecule has 0 radical (unpaired) electrons. The van der Waals surface area contributed by atoms with Crippen LogP contribution in [0.5, 0.6) is 17.4 Å². The van der Waals surface area contributed by atoms with Crippen LogP contribution in [0.25, 0.3) is 29.1 Å². The largest absolute Gasteiger partial charge is 0.493 e. The molecular weight excluding hydrogens is 549 g/mol. The number of oxazole rings is 1. The fourth-order valence-corrected chi connectivity index (χ4v) is 4.15. The lowest BCUT2D eigenvalue weighted by molar-refractivity contribution is 0.275. The van der Waals surface area contributed by atoms with Gasteiger partial charge in [0, 0.05) is 17.6 Å². The number of furan rings is 1. The van der Waals surface area contributed by atoms with Crippen molar-refractivity contribution in [1.29, 1.82) is 0 Å². The molecule has 3 heterocycles. The van der Waals surface area contributed by atoms with Crippen molar-refractivity contribution in [3.63, 3.8) is 0 Å². The lowest BCUT2D eigenvalue weighted by atomic mass is 10.2. The number of aryl methyl sites for hydroxylation is 1. The van der Waals surface area contributed by atoms with Gasteiger partial charge in [-0.1, -0.05) is 36.4 Å². The number of rotatable bonds is 11. The first-order chi connectivity index (χ1) is 19.8. The SMILES string of the molecule is COc1cc(COc2nc(-c3ccccc3)ncc2/C=C\P(=O)(O)O)ccc1OCc1nc(-c2ccco2)oc1C. The monoisotopic (exact) mass is 575 g/mol. The second-order valence-electron chi connectivity index (χ2n) is 8.79. The quantitative estimate of drug-likeness (QED) is 0.178. The van der Waals surface area contributed by atoms with Gasteiger partial charge >= 0.3 is 7.60 Å². The zero-order valence-corrected chi connectivity index (χ0v) is 23.0. The number of benzene rings is 2. The summed E-state index contributed by atoms with van der Waals surface area (Å²) in [4.78, 5) is 31.8. The molecule has 0 atom stereocenters.